The van der Waals surface area contributed by atoms with Gasteiger partial charge < -0.3 is 15.6 Å². The molecule has 0 spiro atoms. The summed E-state index contributed by atoms with van der Waals surface area (Å²) in [6.07, 6.45) is 0. The molecule has 0 saturated carbocycles. The lowest BCUT2D eigenvalue weighted by molar-refractivity contribution is 0.0697. The minimum Gasteiger partial charge on any atom is -0.478 e. The van der Waals surface area contributed by atoms with Gasteiger partial charge in [0.2, 0.25) is 0 Å². The van der Waals surface area contributed by atoms with Crippen molar-refractivity contribution in [1.82, 2.24) is 0 Å². The summed E-state index contributed by atoms with van der Waals surface area (Å²) in [6.45, 7) is 1.85. The number of hydrogen-bond donors (Lipinski definition) is 2. The van der Waals surface area contributed by atoms with Crippen LogP contribution in [0.15, 0.2) is 36.4 Å². The first kappa shape index (κ1) is 13.4. The van der Waals surface area contributed by atoms with Crippen molar-refractivity contribution in [3.63, 3.8) is 0 Å². The van der Waals surface area contributed by atoms with E-state index in [1.807, 2.05) is 13.0 Å². The van der Waals surface area contributed by atoms with E-state index in [4.69, 9.17) is 20.8 Å². The number of carboxylic acid groups (broad SMARTS) is 1. The fourth-order valence-electron chi connectivity index (χ4n) is 1.67. The van der Waals surface area contributed by atoms with Crippen LogP contribution in [0.2, 0.25) is 0 Å². The van der Waals surface area contributed by atoms with Gasteiger partial charge in [0, 0.05) is 0 Å². The Bertz CT molecular complexity index is 718. The van der Waals surface area contributed by atoms with Crippen LogP contribution in [0.3, 0.4) is 0 Å². The number of hydrogen-bond acceptors (Lipinski definition) is 4. The Morgan fingerprint density at radius 2 is 2.00 bits per heavy atom. The highest BCUT2D eigenvalue weighted by Gasteiger charge is 2.09. The second kappa shape index (κ2) is 5.33. The summed E-state index contributed by atoms with van der Waals surface area (Å²) in [5.41, 5.74) is 7.43. The van der Waals surface area contributed by atoms with E-state index in [0.717, 1.165) is 5.56 Å². The van der Waals surface area contributed by atoms with Gasteiger partial charge in [0.1, 0.15) is 11.5 Å². The van der Waals surface area contributed by atoms with Gasteiger partial charge in [-0.25, -0.2) is 4.79 Å². The molecule has 2 rings (SSSR count). The van der Waals surface area contributed by atoms with Crippen molar-refractivity contribution in [3.8, 4) is 17.6 Å². The van der Waals surface area contributed by atoms with Crippen molar-refractivity contribution in [2.24, 2.45) is 0 Å². The molecule has 0 saturated heterocycles. The Hall–Kier alpha value is -3.00. The summed E-state index contributed by atoms with van der Waals surface area (Å²) in [6, 6.07) is 11.4. The van der Waals surface area contributed by atoms with Crippen LogP contribution in [0, 0.1) is 18.3 Å². The number of nitriles is 1. The largest absolute Gasteiger partial charge is 0.478 e. The minimum atomic E-state index is -1.05. The molecule has 0 radical (unpaired) electrons. The minimum absolute atomic E-state index is 0.0948. The maximum Gasteiger partial charge on any atom is 0.335 e. The number of carboxylic acids is 1. The Kier molecular flexibility index (Phi) is 3.58. The van der Waals surface area contributed by atoms with Gasteiger partial charge in [-0.1, -0.05) is 6.07 Å². The third kappa shape index (κ3) is 2.70. The first-order chi connectivity index (χ1) is 9.51. The van der Waals surface area contributed by atoms with E-state index in [2.05, 4.69) is 0 Å². The van der Waals surface area contributed by atoms with Gasteiger partial charge in [-0.05, 0) is 42.8 Å². The summed E-state index contributed by atoms with van der Waals surface area (Å²) in [4.78, 5) is 10.8. The van der Waals surface area contributed by atoms with Crippen molar-refractivity contribution in [2.75, 3.05) is 5.73 Å². The smallest absolute Gasteiger partial charge is 0.335 e. The standard InChI is InChI=1S/C15H12N2O3/c1-9-2-3-10(8-16)6-14(9)20-13-5-4-11(15(18)19)7-12(13)17/h2-7H,17H2,1H3,(H,18,19). The quantitative estimate of drug-likeness (QED) is 0.834. The maximum atomic E-state index is 10.8. The molecule has 0 fully saturated rings. The third-order valence-electron chi connectivity index (χ3n) is 2.79. The number of ether oxygens (including phenoxy) is 1. The maximum absolute atomic E-state index is 10.8. The molecule has 3 N–H and O–H groups in total. The number of rotatable bonds is 3. The predicted octanol–water partition coefficient (Wildman–Crippen LogP) is 2.94. The molecule has 2 aromatic carbocycles. The Morgan fingerprint density at radius 1 is 1.25 bits per heavy atom. The van der Waals surface area contributed by atoms with Crippen LogP contribution >= 0.6 is 0 Å². The summed E-state index contributed by atoms with van der Waals surface area (Å²) in [7, 11) is 0. The van der Waals surface area contributed by atoms with E-state index in [1.54, 1.807) is 18.2 Å². The van der Waals surface area contributed by atoms with E-state index in [0.29, 0.717) is 17.1 Å². The second-order valence-corrected chi connectivity index (χ2v) is 4.25. The van der Waals surface area contributed by atoms with Crippen LogP contribution in [-0.4, -0.2) is 11.1 Å². The Morgan fingerprint density at radius 3 is 2.60 bits per heavy atom. The van der Waals surface area contributed by atoms with E-state index in [9.17, 15) is 4.79 Å². The molecule has 2 aromatic rings. The number of benzene rings is 2. The normalized spacial score (nSPS) is 9.80. The summed E-state index contributed by atoms with van der Waals surface area (Å²) in [5.74, 6) is -0.182. The molecule has 5 heteroatoms. The lowest BCUT2D eigenvalue weighted by atomic mass is 10.1. The van der Waals surface area contributed by atoms with Gasteiger partial charge >= 0.3 is 5.97 Å². The van der Waals surface area contributed by atoms with E-state index >= 15 is 0 Å². The Balaban J connectivity index is 2.35. The zero-order chi connectivity index (χ0) is 14.7. The van der Waals surface area contributed by atoms with Crippen LogP contribution in [0.25, 0.3) is 0 Å². The average molecular weight is 268 g/mol. The van der Waals surface area contributed by atoms with Gasteiger partial charge in [-0.3, -0.25) is 0 Å². The number of carbonyl (C=O) groups is 1. The van der Waals surface area contributed by atoms with Gasteiger partial charge in [-0.2, -0.15) is 5.26 Å². The topological polar surface area (TPSA) is 96.3 Å². The zero-order valence-corrected chi connectivity index (χ0v) is 10.8. The number of aryl methyl sites for hydroxylation is 1. The van der Waals surface area contributed by atoms with Crippen LogP contribution in [0.1, 0.15) is 21.5 Å². The summed E-state index contributed by atoms with van der Waals surface area (Å²) >= 11 is 0. The van der Waals surface area contributed by atoms with Crippen LogP contribution in [0.4, 0.5) is 5.69 Å². The molecule has 0 atom stereocenters. The molecule has 0 heterocycles. The third-order valence-corrected chi connectivity index (χ3v) is 2.79. The highest BCUT2D eigenvalue weighted by molar-refractivity contribution is 5.89. The van der Waals surface area contributed by atoms with E-state index in [1.165, 1.54) is 18.2 Å². The first-order valence-electron chi connectivity index (χ1n) is 5.82. The highest BCUT2D eigenvalue weighted by Crippen LogP contribution is 2.30. The number of nitrogens with two attached hydrogens (primary N) is 1. The van der Waals surface area contributed by atoms with E-state index in [-0.39, 0.29) is 11.3 Å². The number of nitrogens with zero attached hydrogens (tertiary/aromatic N) is 1. The zero-order valence-electron chi connectivity index (χ0n) is 10.8. The predicted molar refractivity (Wildman–Crippen MR) is 73.8 cm³/mol. The van der Waals surface area contributed by atoms with Crippen molar-refractivity contribution in [1.29, 1.82) is 5.26 Å². The molecule has 0 amide bonds. The van der Waals surface area contributed by atoms with Gasteiger partial charge in [0.25, 0.3) is 0 Å². The molecule has 0 bridgehead atoms. The molecular weight excluding hydrogens is 256 g/mol. The van der Waals surface area contributed by atoms with Crippen LogP contribution in [-0.2, 0) is 0 Å². The molecule has 5 nitrogen and oxygen atoms in total. The van der Waals surface area contributed by atoms with Crippen molar-refractivity contribution >= 4 is 11.7 Å². The summed E-state index contributed by atoms with van der Waals surface area (Å²) < 4.78 is 5.65. The van der Waals surface area contributed by atoms with Crippen molar-refractivity contribution < 1.29 is 14.6 Å². The molecule has 0 aromatic heterocycles. The molecule has 100 valence electrons. The van der Waals surface area contributed by atoms with Crippen molar-refractivity contribution in [3.05, 3.63) is 53.1 Å². The average Bonchev–Trinajstić information content (AvgIpc) is 2.43. The fourth-order valence-corrected chi connectivity index (χ4v) is 1.67. The number of anilines is 1. The number of aromatic carboxylic acids is 1. The van der Waals surface area contributed by atoms with Crippen LogP contribution in [0.5, 0.6) is 11.5 Å². The van der Waals surface area contributed by atoms with Gasteiger partial charge in [0.15, 0.2) is 0 Å². The summed E-state index contributed by atoms with van der Waals surface area (Å²) in [5, 5.41) is 17.7. The molecule has 0 aliphatic carbocycles. The van der Waals surface area contributed by atoms with E-state index < -0.39 is 5.97 Å². The molecule has 0 unspecified atom stereocenters. The SMILES string of the molecule is Cc1ccc(C#N)cc1Oc1ccc(C(=O)O)cc1N. The molecule has 0 aliphatic rings. The first-order valence-corrected chi connectivity index (χ1v) is 5.82. The monoisotopic (exact) mass is 268 g/mol. The Labute approximate surface area is 115 Å². The van der Waals surface area contributed by atoms with Gasteiger partial charge in [-0.15, -0.1) is 0 Å². The highest BCUT2D eigenvalue weighted by atomic mass is 16.5. The lowest BCUT2D eigenvalue weighted by Crippen LogP contribution is -2.00. The van der Waals surface area contributed by atoms with Gasteiger partial charge in [0.05, 0.1) is 22.9 Å². The van der Waals surface area contributed by atoms with Crippen molar-refractivity contribution in [2.45, 2.75) is 6.92 Å². The molecular formula is C15H12N2O3. The number of nitrogen functional groups attached to an aromatic ring is 1. The fraction of sp³-hybridized carbons (Fsp3) is 0.0667. The lowest BCUT2D eigenvalue weighted by Gasteiger charge is -2.11. The van der Waals surface area contributed by atoms with Crippen LogP contribution < -0.4 is 10.5 Å². The molecule has 0 aliphatic heterocycles. The second-order valence-electron chi connectivity index (χ2n) is 4.25. The molecule has 20 heavy (non-hydrogen) atoms.